The first-order valence-corrected chi connectivity index (χ1v) is 8.33. The lowest BCUT2D eigenvalue weighted by Gasteiger charge is -2.18. The molecule has 1 amide bonds. The van der Waals surface area contributed by atoms with E-state index in [2.05, 4.69) is 5.10 Å². The maximum atomic E-state index is 13.1. The monoisotopic (exact) mass is 381 g/mol. The van der Waals surface area contributed by atoms with E-state index in [1.165, 1.54) is 6.20 Å². The van der Waals surface area contributed by atoms with Gasteiger partial charge < -0.3 is 10.0 Å². The molecule has 1 aromatic carbocycles. The van der Waals surface area contributed by atoms with E-state index in [1.54, 1.807) is 11.6 Å². The summed E-state index contributed by atoms with van der Waals surface area (Å²) in [4.78, 5) is 24.8. The number of benzene rings is 1. The highest BCUT2D eigenvalue weighted by Crippen LogP contribution is 2.38. The van der Waals surface area contributed by atoms with Crippen LogP contribution in [0.1, 0.15) is 21.6 Å². The van der Waals surface area contributed by atoms with Crippen molar-refractivity contribution in [3.8, 4) is 0 Å². The Morgan fingerprint density at radius 2 is 1.89 bits per heavy atom. The number of hydrogen-bond acceptors (Lipinski definition) is 3. The van der Waals surface area contributed by atoms with Gasteiger partial charge in [0.1, 0.15) is 0 Å². The summed E-state index contributed by atoms with van der Waals surface area (Å²) < 4.78 is 40.9. The Kier molecular flexibility index (Phi) is 4.95. The topological polar surface area (TPSA) is 75.4 Å². The molecule has 3 rings (SSSR count). The Balaban J connectivity index is 1.79. The number of carbonyl (C=O) groups is 2. The third kappa shape index (κ3) is 3.81. The van der Waals surface area contributed by atoms with Crippen LogP contribution < -0.4 is 0 Å². The van der Waals surface area contributed by atoms with E-state index in [-0.39, 0.29) is 5.56 Å². The van der Waals surface area contributed by atoms with Gasteiger partial charge in [0.15, 0.2) is 0 Å². The predicted octanol–water partition coefficient (Wildman–Crippen LogP) is 2.57. The fraction of sp³-hybridized carbons (Fsp3) is 0.389. The van der Waals surface area contributed by atoms with Crippen LogP contribution in [0.3, 0.4) is 0 Å². The Labute approximate surface area is 153 Å². The van der Waals surface area contributed by atoms with Crippen molar-refractivity contribution in [2.75, 3.05) is 13.1 Å². The zero-order valence-electron chi connectivity index (χ0n) is 14.5. The molecule has 144 valence electrons. The fourth-order valence-corrected chi connectivity index (χ4v) is 3.29. The van der Waals surface area contributed by atoms with Crippen LogP contribution >= 0.6 is 0 Å². The van der Waals surface area contributed by atoms with E-state index in [9.17, 15) is 22.8 Å². The van der Waals surface area contributed by atoms with Crippen molar-refractivity contribution < 1.29 is 27.9 Å². The lowest BCUT2D eigenvalue weighted by atomic mass is 9.96. The number of amides is 1. The standard InChI is InChI=1S/C18H18F3N3O3/c1-11-13(7-22-24(11)8-12-5-3-2-4-6-12)16(25)23-9-14(17(26)27)15(10-23)18(19,20)21/h2-7,14-15H,8-10H2,1H3,(H,26,27)/t14-,15-/m1/s1. The highest BCUT2D eigenvalue weighted by Gasteiger charge is 2.53. The zero-order valence-corrected chi connectivity index (χ0v) is 14.5. The van der Waals surface area contributed by atoms with Crippen molar-refractivity contribution in [3.63, 3.8) is 0 Å². The number of rotatable bonds is 4. The van der Waals surface area contributed by atoms with Gasteiger partial charge in [-0.3, -0.25) is 14.3 Å². The van der Waals surface area contributed by atoms with Gasteiger partial charge in [0.2, 0.25) is 0 Å². The fourth-order valence-electron chi connectivity index (χ4n) is 3.29. The molecule has 0 spiro atoms. The molecule has 27 heavy (non-hydrogen) atoms. The van der Waals surface area contributed by atoms with Crippen molar-refractivity contribution in [1.29, 1.82) is 0 Å². The first kappa shape index (κ1) is 18.9. The maximum absolute atomic E-state index is 13.1. The van der Waals surface area contributed by atoms with Crippen LogP contribution in [0.5, 0.6) is 0 Å². The number of likely N-dealkylation sites (tertiary alicyclic amines) is 1. The lowest BCUT2D eigenvalue weighted by Crippen LogP contribution is -2.34. The third-order valence-corrected chi connectivity index (χ3v) is 4.85. The summed E-state index contributed by atoms with van der Waals surface area (Å²) in [5.74, 6) is -5.92. The van der Waals surface area contributed by atoms with Crippen LogP contribution in [0.25, 0.3) is 0 Å². The number of carboxylic acid groups (broad SMARTS) is 1. The molecule has 1 N–H and O–H groups in total. The molecule has 9 heteroatoms. The molecule has 6 nitrogen and oxygen atoms in total. The second kappa shape index (κ2) is 7.05. The summed E-state index contributed by atoms with van der Waals surface area (Å²) in [6.45, 7) is 0.947. The largest absolute Gasteiger partial charge is 0.481 e. The van der Waals surface area contributed by atoms with Gasteiger partial charge in [-0.2, -0.15) is 18.3 Å². The maximum Gasteiger partial charge on any atom is 0.394 e. The van der Waals surface area contributed by atoms with Gasteiger partial charge in [0.05, 0.1) is 30.1 Å². The van der Waals surface area contributed by atoms with Crippen LogP contribution in [-0.2, 0) is 11.3 Å². The molecule has 0 bridgehead atoms. The highest BCUT2D eigenvalue weighted by molar-refractivity contribution is 5.95. The van der Waals surface area contributed by atoms with Crippen LogP contribution in [0, 0.1) is 18.8 Å². The number of alkyl halides is 3. The summed E-state index contributed by atoms with van der Waals surface area (Å²) in [7, 11) is 0. The van der Waals surface area contributed by atoms with Crippen LogP contribution in [0.4, 0.5) is 13.2 Å². The van der Waals surface area contributed by atoms with Crippen molar-refractivity contribution in [2.45, 2.75) is 19.6 Å². The van der Waals surface area contributed by atoms with E-state index >= 15 is 0 Å². The molecule has 1 fully saturated rings. The van der Waals surface area contributed by atoms with E-state index in [4.69, 9.17) is 5.11 Å². The minimum absolute atomic E-state index is 0.179. The molecular weight excluding hydrogens is 363 g/mol. The average Bonchev–Trinajstić information content (AvgIpc) is 3.20. The minimum atomic E-state index is -4.68. The van der Waals surface area contributed by atoms with Gasteiger partial charge in [-0.1, -0.05) is 30.3 Å². The molecule has 0 aliphatic carbocycles. The van der Waals surface area contributed by atoms with Crippen LogP contribution in [0.15, 0.2) is 36.5 Å². The summed E-state index contributed by atoms with van der Waals surface area (Å²) in [5, 5.41) is 13.2. The molecule has 2 aromatic rings. The Hall–Kier alpha value is -2.84. The van der Waals surface area contributed by atoms with Gasteiger partial charge in [-0.05, 0) is 12.5 Å². The number of halogens is 3. The molecule has 1 aromatic heterocycles. The minimum Gasteiger partial charge on any atom is -0.481 e. The Bertz CT molecular complexity index is 849. The van der Waals surface area contributed by atoms with Crippen LogP contribution in [-0.4, -0.2) is 50.9 Å². The van der Waals surface area contributed by atoms with E-state index < -0.39 is 43.0 Å². The smallest absolute Gasteiger partial charge is 0.394 e. The van der Waals surface area contributed by atoms with Crippen molar-refractivity contribution >= 4 is 11.9 Å². The quantitative estimate of drug-likeness (QED) is 0.883. The first-order chi connectivity index (χ1) is 12.7. The van der Waals surface area contributed by atoms with Gasteiger partial charge in [-0.25, -0.2) is 0 Å². The van der Waals surface area contributed by atoms with E-state index in [0.717, 1.165) is 10.5 Å². The molecule has 2 atom stereocenters. The summed E-state index contributed by atoms with van der Waals surface area (Å²) >= 11 is 0. The molecule has 0 radical (unpaired) electrons. The predicted molar refractivity (Wildman–Crippen MR) is 89.1 cm³/mol. The highest BCUT2D eigenvalue weighted by atomic mass is 19.4. The molecular formula is C18H18F3N3O3. The Morgan fingerprint density at radius 3 is 2.44 bits per heavy atom. The summed E-state index contributed by atoms with van der Waals surface area (Å²) in [5.41, 5.74) is 1.66. The number of nitrogens with zero attached hydrogens (tertiary/aromatic N) is 3. The van der Waals surface area contributed by atoms with Gasteiger partial charge in [0, 0.05) is 18.8 Å². The van der Waals surface area contributed by atoms with Gasteiger partial charge in [-0.15, -0.1) is 0 Å². The average molecular weight is 381 g/mol. The third-order valence-electron chi connectivity index (χ3n) is 4.85. The lowest BCUT2D eigenvalue weighted by molar-refractivity contribution is -0.187. The van der Waals surface area contributed by atoms with Crippen molar-refractivity contribution in [1.82, 2.24) is 14.7 Å². The summed E-state index contributed by atoms with van der Waals surface area (Å²) in [6, 6.07) is 9.40. The number of aliphatic carboxylic acids is 1. The van der Waals surface area contributed by atoms with Gasteiger partial charge in [0.25, 0.3) is 5.91 Å². The molecule has 0 saturated carbocycles. The SMILES string of the molecule is Cc1c(C(=O)N2C[C@@H](C(F)(F)F)[C@H](C(=O)O)C2)cnn1Cc1ccccc1. The van der Waals surface area contributed by atoms with Gasteiger partial charge >= 0.3 is 12.1 Å². The molecule has 0 unspecified atom stereocenters. The molecule has 1 aliphatic rings. The zero-order chi connectivity index (χ0) is 19.8. The van der Waals surface area contributed by atoms with Crippen molar-refractivity contribution in [3.05, 3.63) is 53.3 Å². The second-order valence-electron chi connectivity index (χ2n) is 6.59. The number of aromatic nitrogens is 2. The summed E-state index contributed by atoms with van der Waals surface area (Å²) in [6.07, 6.45) is -3.36. The number of carbonyl (C=O) groups excluding carboxylic acids is 1. The molecule has 1 saturated heterocycles. The van der Waals surface area contributed by atoms with E-state index in [0.29, 0.717) is 12.2 Å². The first-order valence-electron chi connectivity index (χ1n) is 8.33. The van der Waals surface area contributed by atoms with Crippen LogP contribution in [0.2, 0.25) is 0 Å². The number of hydrogen-bond donors (Lipinski definition) is 1. The Morgan fingerprint density at radius 1 is 1.22 bits per heavy atom. The van der Waals surface area contributed by atoms with Crippen molar-refractivity contribution in [2.24, 2.45) is 11.8 Å². The normalized spacial score (nSPS) is 20.1. The number of carboxylic acids is 1. The second-order valence-corrected chi connectivity index (χ2v) is 6.59. The molecule has 1 aliphatic heterocycles. The van der Waals surface area contributed by atoms with E-state index in [1.807, 2.05) is 30.3 Å². The molecule has 2 heterocycles.